The third-order valence-corrected chi connectivity index (χ3v) is 4.67. The fourth-order valence-electron chi connectivity index (χ4n) is 1.75. The Hall–Kier alpha value is -0.100. The van der Waals surface area contributed by atoms with Gasteiger partial charge in [-0.15, -0.1) is 23.7 Å². The number of thiophene rings is 1. The normalized spacial score (nSPS) is 16.8. The van der Waals surface area contributed by atoms with Gasteiger partial charge < -0.3 is 11.1 Å². The van der Waals surface area contributed by atoms with Crippen molar-refractivity contribution < 1.29 is 4.79 Å². The summed E-state index contributed by atoms with van der Waals surface area (Å²) in [5.41, 5.74) is 5.34. The molecule has 1 aromatic rings. The van der Waals surface area contributed by atoms with E-state index in [9.17, 15) is 4.79 Å². The number of carbonyl (C=O) groups excluding carboxylic acids is 1. The summed E-state index contributed by atoms with van der Waals surface area (Å²) in [6, 6.07) is 4.10. The first-order valence-electron chi connectivity index (χ1n) is 5.41. The standard InChI is InChI=1S/C11H15BrN2OS.ClH/c12-9-3-2-8(16-9)4-7-14-10(15)11(13)5-1-6-11;/h2-3H,1,4-7,13H2,(H,14,15);1H. The minimum absolute atomic E-state index is 0. The highest BCUT2D eigenvalue weighted by atomic mass is 79.9. The minimum Gasteiger partial charge on any atom is -0.354 e. The summed E-state index contributed by atoms with van der Waals surface area (Å²) in [6.45, 7) is 0.671. The molecule has 1 fully saturated rings. The van der Waals surface area contributed by atoms with E-state index in [0.29, 0.717) is 6.54 Å². The van der Waals surface area contributed by atoms with Crippen LogP contribution in [0.15, 0.2) is 15.9 Å². The molecule has 0 atom stereocenters. The second-order valence-corrected chi connectivity index (χ2v) is 6.77. The fraction of sp³-hybridized carbons (Fsp3) is 0.545. The lowest BCUT2D eigenvalue weighted by molar-refractivity contribution is -0.129. The molecule has 3 N–H and O–H groups in total. The quantitative estimate of drug-likeness (QED) is 0.885. The van der Waals surface area contributed by atoms with E-state index < -0.39 is 5.54 Å². The van der Waals surface area contributed by atoms with Gasteiger partial charge in [-0.1, -0.05) is 0 Å². The first-order chi connectivity index (χ1) is 7.60. The van der Waals surface area contributed by atoms with Crippen molar-refractivity contribution >= 4 is 45.6 Å². The lowest BCUT2D eigenvalue weighted by Crippen LogP contribution is -2.58. The van der Waals surface area contributed by atoms with Crippen LogP contribution in [0.25, 0.3) is 0 Å². The van der Waals surface area contributed by atoms with Crippen LogP contribution < -0.4 is 11.1 Å². The SMILES string of the molecule is Cl.NC1(C(=O)NCCc2ccc(Br)s2)CCC1. The number of hydrogen-bond donors (Lipinski definition) is 2. The molecule has 1 heterocycles. The zero-order valence-electron chi connectivity index (χ0n) is 9.37. The molecular formula is C11H16BrClN2OS. The lowest BCUT2D eigenvalue weighted by atomic mass is 9.77. The van der Waals surface area contributed by atoms with Gasteiger partial charge in [-0.25, -0.2) is 0 Å². The van der Waals surface area contributed by atoms with Gasteiger partial charge in [-0.2, -0.15) is 0 Å². The predicted octanol–water partition coefficient (Wildman–Crippen LogP) is 2.47. The molecule has 0 radical (unpaired) electrons. The highest BCUT2D eigenvalue weighted by molar-refractivity contribution is 9.11. The zero-order valence-corrected chi connectivity index (χ0v) is 12.6. The molecule has 3 nitrogen and oxygen atoms in total. The van der Waals surface area contributed by atoms with Gasteiger partial charge in [-0.05, 0) is 53.7 Å². The van der Waals surface area contributed by atoms with Crippen molar-refractivity contribution in [1.29, 1.82) is 0 Å². The first-order valence-corrected chi connectivity index (χ1v) is 7.02. The maximum absolute atomic E-state index is 11.7. The Morgan fingerprint density at radius 1 is 1.53 bits per heavy atom. The summed E-state index contributed by atoms with van der Waals surface area (Å²) in [5, 5.41) is 2.91. The number of hydrogen-bond acceptors (Lipinski definition) is 3. The van der Waals surface area contributed by atoms with Crippen LogP contribution in [-0.4, -0.2) is 18.0 Å². The number of halogens is 2. The summed E-state index contributed by atoms with van der Waals surface area (Å²) < 4.78 is 1.13. The van der Waals surface area contributed by atoms with Crippen LogP contribution in [0, 0.1) is 0 Å². The van der Waals surface area contributed by atoms with Crippen LogP contribution in [0.3, 0.4) is 0 Å². The van der Waals surface area contributed by atoms with Gasteiger partial charge in [0.25, 0.3) is 0 Å². The molecular weight excluding hydrogens is 324 g/mol. The molecule has 0 bridgehead atoms. The molecule has 6 heteroatoms. The molecule has 1 saturated carbocycles. The summed E-state index contributed by atoms with van der Waals surface area (Å²) in [4.78, 5) is 13.0. The third kappa shape index (κ3) is 3.68. The average Bonchev–Trinajstić information content (AvgIpc) is 2.60. The monoisotopic (exact) mass is 338 g/mol. The second-order valence-electron chi connectivity index (χ2n) is 4.22. The topological polar surface area (TPSA) is 55.1 Å². The van der Waals surface area contributed by atoms with E-state index in [0.717, 1.165) is 29.5 Å². The Balaban J connectivity index is 0.00000144. The smallest absolute Gasteiger partial charge is 0.240 e. The summed E-state index contributed by atoms with van der Waals surface area (Å²) in [6.07, 6.45) is 3.59. The van der Waals surface area contributed by atoms with Gasteiger partial charge in [0.05, 0.1) is 9.33 Å². The predicted molar refractivity (Wildman–Crippen MR) is 76.8 cm³/mol. The molecule has 0 spiro atoms. The van der Waals surface area contributed by atoms with Crippen LogP contribution in [0.4, 0.5) is 0 Å². The molecule has 0 aliphatic heterocycles. The molecule has 96 valence electrons. The average molecular weight is 340 g/mol. The van der Waals surface area contributed by atoms with E-state index in [4.69, 9.17) is 5.73 Å². The van der Waals surface area contributed by atoms with Gasteiger partial charge >= 0.3 is 0 Å². The number of amides is 1. The van der Waals surface area contributed by atoms with Crippen molar-refractivity contribution in [3.8, 4) is 0 Å². The van der Waals surface area contributed by atoms with E-state index in [1.54, 1.807) is 11.3 Å². The molecule has 2 rings (SSSR count). The highest BCUT2D eigenvalue weighted by Crippen LogP contribution is 2.29. The van der Waals surface area contributed by atoms with Crippen LogP contribution in [0.5, 0.6) is 0 Å². The lowest BCUT2D eigenvalue weighted by Gasteiger charge is -2.36. The summed E-state index contributed by atoms with van der Waals surface area (Å²) in [5.74, 6) is 0.00868. The highest BCUT2D eigenvalue weighted by Gasteiger charge is 2.39. The van der Waals surface area contributed by atoms with Crippen LogP contribution in [-0.2, 0) is 11.2 Å². The van der Waals surface area contributed by atoms with E-state index in [2.05, 4.69) is 27.3 Å². The molecule has 1 amide bonds. The maximum atomic E-state index is 11.7. The second kappa shape index (κ2) is 6.18. The van der Waals surface area contributed by atoms with Crippen molar-refractivity contribution in [3.05, 3.63) is 20.8 Å². The van der Waals surface area contributed by atoms with E-state index in [-0.39, 0.29) is 18.3 Å². The number of carbonyl (C=O) groups is 1. The molecule has 0 aromatic carbocycles. The van der Waals surface area contributed by atoms with Crippen molar-refractivity contribution in [2.75, 3.05) is 6.54 Å². The summed E-state index contributed by atoms with van der Waals surface area (Å²) >= 11 is 5.12. The van der Waals surface area contributed by atoms with Gasteiger partial charge in [0, 0.05) is 11.4 Å². The van der Waals surface area contributed by atoms with Crippen molar-refractivity contribution in [1.82, 2.24) is 5.32 Å². The molecule has 0 unspecified atom stereocenters. The van der Waals surface area contributed by atoms with Crippen molar-refractivity contribution in [2.45, 2.75) is 31.2 Å². The molecule has 17 heavy (non-hydrogen) atoms. The third-order valence-electron chi connectivity index (χ3n) is 2.98. The fourth-order valence-corrected chi connectivity index (χ4v) is 3.23. The molecule has 1 aromatic heterocycles. The van der Waals surface area contributed by atoms with E-state index in [1.807, 2.05) is 6.07 Å². The van der Waals surface area contributed by atoms with E-state index >= 15 is 0 Å². The van der Waals surface area contributed by atoms with Crippen LogP contribution in [0.2, 0.25) is 0 Å². The number of rotatable bonds is 4. The largest absolute Gasteiger partial charge is 0.354 e. The van der Waals surface area contributed by atoms with Gasteiger partial charge in [-0.3, -0.25) is 4.79 Å². The Bertz CT molecular complexity index is 393. The molecule has 0 saturated heterocycles. The van der Waals surface area contributed by atoms with Crippen molar-refractivity contribution in [2.24, 2.45) is 5.73 Å². The Kier molecular flexibility index (Phi) is 5.44. The Morgan fingerprint density at radius 2 is 2.24 bits per heavy atom. The van der Waals surface area contributed by atoms with Gasteiger partial charge in [0.1, 0.15) is 0 Å². The first kappa shape index (κ1) is 15.0. The van der Waals surface area contributed by atoms with Gasteiger partial charge in [0.2, 0.25) is 5.91 Å². The van der Waals surface area contributed by atoms with Crippen LogP contribution >= 0.6 is 39.7 Å². The molecule has 1 aliphatic carbocycles. The minimum atomic E-state index is -0.573. The van der Waals surface area contributed by atoms with Crippen LogP contribution in [0.1, 0.15) is 24.1 Å². The number of nitrogens with one attached hydrogen (secondary N) is 1. The zero-order chi connectivity index (χ0) is 11.6. The van der Waals surface area contributed by atoms with Gasteiger partial charge in [0.15, 0.2) is 0 Å². The van der Waals surface area contributed by atoms with Crippen molar-refractivity contribution in [3.63, 3.8) is 0 Å². The maximum Gasteiger partial charge on any atom is 0.240 e. The summed E-state index contributed by atoms with van der Waals surface area (Å²) in [7, 11) is 0. The van der Waals surface area contributed by atoms with E-state index in [1.165, 1.54) is 4.88 Å². The molecule has 1 aliphatic rings. The Morgan fingerprint density at radius 3 is 2.71 bits per heavy atom. The Labute approximate surface area is 120 Å². The number of nitrogens with two attached hydrogens (primary N) is 1.